The topological polar surface area (TPSA) is 75.7 Å². The molecule has 0 aromatic heterocycles. The molecule has 0 unspecified atom stereocenters. The van der Waals surface area contributed by atoms with Crippen molar-refractivity contribution in [1.29, 1.82) is 0 Å². The number of hydrogen-bond donors (Lipinski definition) is 1. The van der Waals surface area contributed by atoms with Crippen molar-refractivity contribution in [1.82, 2.24) is 5.32 Å². The summed E-state index contributed by atoms with van der Waals surface area (Å²) in [5.41, 5.74) is 1.14. The molecule has 0 radical (unpaired) electrons. The molecule has 0 fully saturated rings. The van der Waals surface area contributed by atoms with Gasteiger partial charge in [-0.1, -0.05) is 41.4 Å². The minimum Gasteiger partial charge on any atom is -0.494 e. The maximum Gasteiger partial charge on any atom is 0.264 e. The standard InChI is InChI=1S/C24H24Cl2N2O4S/c1-3-32-22-11-7-18(8-12-22)17(2)27-24(29)16-28(21-6-4-5-20(26)15-21)33(30,31)23-13-9-19(25)10-14-23/h4-15,17H,3,16H2,1-2H3,(H,27,29)/t17-/m1/s1. The molecule has 6 nitrogen and oxygen atoms in total. The third-order valence-electron chi connectivity index (χ3n) is 4.85. The van der Waals surface area contributed by atoms with Crippen molar-refractivity contribution < 1.29 is 17.9 Å². The van der Waals surface area contributed by atoms with Gasteiger partial charge in [-0.15, -0.1) is 0 Å². The summed E-state index contributed by atoms with van der Waals surface area (Å²) in [5.74, 6) is 0.273. The van der Waals surface area contributed by atoms with Gasteiger partial charge in [0.15, 0.2) is 0 Å². The van der Waals surface area contributed by atoms with Crippen LogP contribution < -0.4 is 14.4 Å². The first-order chi connectivity index (χ1) is 15.7. The van der Waals surface area contributed by atoms with Gasteiger partial charge in [0, 0.05) is 10.0 Å². The van der Waals surface area contributed by atoms with Crippen molar-refractivity contribution in [2.75, 3.05) is 17.5 Å². The lowest BCUT2D eigenvalue weighted by Crippen LogP contribution is -2.41. The number of anilines is 1. The van der Waals surface area contributed by atoms with E-state index in [2.05, 4.69) is 5.32 Å². The van der Waals surface area contributed by atoms with Crippen molar-refractivity contribution in [3.63, 3.8) is 0 Å². The molecule has 1 N–H and O–H groups in total. The van der Waals surface area contributed by atoms with E-state index in [0.29, 0.717) is 16.7 Å². The quantitative estimate of drug-likeness (QED) is 0.417. The molecule has 3 rings (SSSR count). The summed E-state index contributed by atoms with van der Waals surface area (Å²) in [6.07, 6.45) is 0. The molecule has 1 atom stereocenters. The molecule has 0 aliphatic carbocycles. The average Bonchev–Trinajstić information content (AvgIpc) is 2.78. The summed E-state index contributed by atoms with van der Waals surface area (Å²) in [7, 11) is -4.06. The van der Waals surface area contributed by atoms with Crippen molar-refractivity contribution in [2.24, 2.45) is 0 Å². The predicted molar refractivity (Wildman–Crippen MR) is 132 cm³/mol. The molecule has 0 bridgehead atoms. The summed E-state index contributed by atoms with van der Waals surface area (Å²) in [4.78, 5) is 12.9. The van der Waals surface area contributed by atoms with Gasteiger partial charge in [0.1, 0.15) is 12.3 Å². The van der Waals surface area contributed by atoms with Crippen molar-refractivity contribution >= 4 is 44.8 Å². The molecule has 0 heterocycles. The Kier molecular flexibility index (Phi) is 8.24. The van der Waals surface area contributed by atoms with E-state index in [0.717, 1.165) is 15.6 Å². The Bertz CT molecular complexity index is 1200. The van der Waals surface area contributed by atoms with Crippen LogP contribution in [-0.4, -0.2) is 27.5 Å². The Morgan fingerprint density at radius 2 is 1.67 bits per heavy atom. The minimum absolute atomic E-state index is 0.0132. The van der Waals surface area contributed by atoms with Crippen LogP contribution in [0.1, 0.15) is 25.5 Å². The van der Waals surface area contributed by atoms with Crippen LogP contribution in [0.25, 0.3) is 0 Å². The first-order valence-electron chi connectivity index (χ1n) is 10.3. The highest BCUT2D eigenvalue weighted by Gasteiger charge is 2.28. The molecule has 0 aliphatic heterocycles. The normalized spacial score (nSPS) is 12.1. The van der Waals surface area contributed by atoms with Gasteiger partial charge in [-0.05, 0) is 74.0 Å². The second kappa shape index (κ2) is 10.9. The predicted octanol–water partition coefficient (Wildman–Crippen LogP) is 5.46. The smallest absolute Gasteiger partial charge is 0.264 e. The van der Waals surface area contributed by atoms with Gasteiger partial charge >= 0.3 is 0 Å². The first-order valence-corrected chi connectivity index (χ1v) is 12.5. The molecular formula is C24H24Cl2N2O4S. The summed E-state index contributed by atoms with van der Waals surface area (Å²) in [6, 6.07) is 19.1. The minimum atomic E-state index is -4.06. The second-order valence-corrected chi connectivity index (χ2v) is 9.97. The highest BCUT2D eigenvalue weighted by atomic mass is 35.5. The number of benzene rings is 3. The zero-order valence-corrected chi connectivity index (χ0v) is 20.5. The largest absolute Gasteiger partial charge is 0.494 e. The molecule has 174 valence electrons. The number of carbonyl (C=O) groups excluding carboxylic acids is 1. The number of nitrogens with zero attached hydrogens (tertiary/aromatic N) is 1. The van der Waals surface area contributed by atoms with Crippen LogP contribution in [0.3, 0.4) is 0 Å². The third kappa shape index (κ3) is 6.41. The molecule has 9 heteroatoms. The van der Waals surface area contributed by atoms with Crippen LogP contribution >= 0.6 is 23.2 Å². The van der Waals surface area contributed by atoms with E-state index in [1.807, 2.05) is 38.1 Å². The zero-order valence-electron chi connectivity index (χ0n) is 18.2. The number of halogens is 2. The van der Waals surface area contributed by atoms with E-state index in [1.165, 1.54) is 30.3 Å². The molecule has 0 saturated carbocycles. The van der Waals surface area contributed by atoms with Crippen LogP contribution in [-0.2, 0) is 14.8 Å². The molecule has 1 amide bonds. The Hall–Kier alpha value is -2.74. The fourth-order valence-electron chi connectivity index (χ4n) is 3.20. The molecule has 3 aromatic carbocycles. The van der Waals surface area contributed by atoms with Gasteiger partial charge in [0.25, 0.3) is 10.0 Å². The average molecular weight is 507 g/mol. The Morgan fingerprint density at radius 3 is 2.27 bits per heavy atom. The molecule has 3 aromatic rings. The van der Waals surface area contributed by atoms with E-state index in [-0.39, 0.29) is 16.6 Å². The van der Waals surface area contributed by atoms with E-state index in [4.69, 9.17) is 27.9 Å². The molecule has 0 saturated heterocycles. The highest BCUT2D eigenvalue weighted by Crippen LogP contribution is 2.27. The number of hydrogen-bond acceptors (Lipinski definition) is 4. The SMILES string of the molecule is CCOc1ccc([C@@H](C)NC(=O)CN(c2cccc(Cl)c2)S(=O)(=O)c2ccc(Cl)cc2)cc1. The lowest BCUT2D eigenvalue weighted by atomic mass is 10.1. The first kappa shape index (κ1) is 24.9. The van der Waals surface area contributed by atoms with E-state index >= 15 is 0 Å². The van der Waals surface area contributed by atoms with Crippen LogP contribution in [0.2, 0.25) is 10.0 Å². The summed E-state index contributed by atoms with van der Waals surface area (Å²) < 4.78 is 33.3. The fourth-order valence-corrected chi connectivity index (χ4v) is 4.92. The number of carbonyl (C=O) groups is 1. The monoisotopic (exact) mass is 506 g/mol. The number of sulfonamides is 1. The Balaban J connectivity index is 1.84. The zero-order chi connectivity index (χ0) is 24.0. The van der Waals surface area contributed by atoms with Crippen LogP contribution in [0, 0.1) is 0 Å². The van der Waals surface area contributed by atoms with Gasteiger partial charge in [0.05, 0.1) is 23.2 Å². The molecule has 0 aliphatic rings. The lowest BCUT2D eigenvalue weighted by Gasteiger charge is -2.25. The number of nitrogens with one attached hydrogen (secondary N) is 1. The van der Waals surface area contributed by atoms with Crippen molar-refractivity contribution in [2.45, 2.75) is 24.8 Å². The van der Waals surface area contributed by atoms with E-state index < -0.39 is 22.5 Å². The van der Waals surface area contributed by atoms with Crippen LogP contribution in [0.4, 0.5) is 5.69 Å². The third-order valence-corrected chi connectivity index (χ3v) is 7.13. The van der Waals surface area contributed by atoms with Crippen LogP contribution in [0.15, 0.2) is 77.7 Å². The lowest BCUT2D eigenvalue weighted by molar-refractivity contribution is -0.120. The maximum absolute atomic E-state index is 13.4. The van der Waals surface area contributed by atoms with Gasteiger partial charge < -0.3 is 10.1 Å². The Morgan fingerprint density at radius 1 is 1.00 bits per heavy atom. The number of rotatable bonds is 9. The van der Waals surface area contributed by atoms with Gasteiger partial charge in [-0.3, -0.25) is 9.10 Å². The van der Waals surface area contributed by atoms with Gasteiger partial charge in [0.2, 0.25) is 5.91 Å². The van der Waals surface area contributed by atoms with E-state index in [1.54, 1.807) is 18.2 Å². The summed E-state index contributed by atoms with van der Waals surface area (Å²) in [5, 5.41) is 3.62. The summed E-state index contributed by atoms with van der Waals surface area (Å²) >= 11 is 12.0. The van der Waals surface area contributed by atoms with Crippen molar-refractivity contribution in [3.8, 4) is 5.75 Å². The van der Waals surface area contributed by atoms with Gasteiger partial charge in [-0.2, -0.15) is 0 Å². The number of amides is 1. The Labute approximate surface area is 204 Å². The summed E-state index contributed by atoms with van der Waals surface area (Å²) in [6.45, 7) is 3.87. The molecule has 0 spiro atoms. The maximum atomic E-state index is 13.4. The van der Waals surface area contributed by atoms with Crippen LogP contribution in [0.5, 0.6) is 5.75 Å². The number of ether oxygens (including phenoxy) is 1. The molecule has 33 heavy (non-hydrogen) atoms. The van der Waals surface area contributed by atoms with Gasteiger partial charge in [-0.25, -0.2) is 8.42 Å². The van der Waals surface area contributed by atoms with E-state index in [9.17, 15) is 13.2 Å². The van der Waals surface area contributed by atoms with Crippen molar-refractivity contribution in [3.05, 3.63) is 88.4 Å². The molecular weight excluding hydrogens is 483 g/mol. The fraction of sp³-hybridized carbons (Fsp3) is 0.208. The second-order valence-electron chi connectivity index (χ2n) is 7.24. The highest BCUT2D eigenvalue weighted by molar-refractivity contribution is 7.92.